The molecule has 0 saturated carbocycles. The molecule has 0 aliphatic rings. The van der Waals surface area contributed by atoms with Crippen molar-refractivity contribution in [1.82, 2.24) is 0 Å². The molecular weight excluding hydrogens is 248 g/mol. The molecule has 0 amide bonds. The predicted molar refractivity (Wildman–Crippen MR) is 85.5 cm³/mol. The first-order chi connectivity index (χ1) is 9.58. The summed E-state index contributed by atoms with van der Waals surface area (Å²) in [6.45, 7) is 7.60. The highest BCUT2D eigenvalue weighted by atomic mass is 16.5. The van der Waals surface area contributed by atoms with Crippen LogP contribution in [0.2, 0.25) is 0 Å². The highest BCUT2D eigenvalue weighted by Crippen LogP contribution is 2.24. The van der Waals surface area contributed by atoms with E-state index < -0.39 is 0 Å². The Morgan fingerprint density at radius 3 is 2.35 bits per heavy atom. The van der Waals surface area contributed by atoms with E-state index in [0.717, 1.165) is 23.7 Å². The van der Waals surface area contributed by atoms with Gasteiger partial charge in [-0.05, 0) is 44.0 Å². The molecule has 0 spiro atoms. The Kier molecular flexibility index (Phi) is 4.51. The van der Waals surface area contributed by atoms with Crippen LogP contribution in [0.15, 0.2) is 36.4 Å². The SMILES string of the molecule is Cc1cc(C)c(OCCNc2ccccc2N)c(C)c1. The van der Waals surface area contributed by atoms with Crippen LogP contribution in [0.1, 0.15) is 16.7 Å². The molecule has 0 aliphatic heterocycles. The normalized spacial score (nSPS) is 10.3. The van der Waals surface area contributed by atoms with Crippen molar-refractivity contribution in [3.8, 4) is 5.75 Å². The molecule has 3 nitrogen and oxygen atoms in total. The van der Waals surface area contributed by atoms with Crippen LogP contribution in [0.4, 0.5) is 11.4 Å². The highest BCUT2D eigenvalue weighted by Gasteiger charge is 2.04. The molecule has 0 saturated heterocycles. The van der Waals surface area contributed by atoms with Crippen molar-refractivity contribution in [3.63, 3.8) is 0 Å². The average Bonchev–Trinajstić information content (AvgIpc) is 2.38. The minimum atomic E-state index is 0.610. The van der Waals surface area contributed by atoms with Gasteiger partial charge in [-0.15, -0.1) is 0 Å². The molecule has 0 fully saturated rings. The van der Waals surface area contributed by atoms with E-state index in [0.29, 0.717) is 6.61 Å². The van der Waals surface area contributed by atoms with Crippen molar-refractivity contribution in [2.24, 2.45) is 0 Å². The topological polar surface area (TPSA) is 47.3 Å². The second-order valence-corrected chi connectivity index (χ2v) is 5.09. The maximum Gasteiger partial charge on any atom is 0.125 e. The molecule has 106 valence electrons. The number of hydrogen-bond acceptors (Lipinski definition) is 3. The van der Waals surface area contributed by atoms with Crippen LogP contribution in [0, 0.1) is 20.8 Å². The van der Waals surface area contributed by atoms with Crippen LogP contribution >= 0.6 is 0 Å². The summed E-state index contributed by atoms with van der Waals surface area (Å²) in [6, 6.07) is 12.0. The van der Waals surface area contributed by atoms with E-state index in [2.05, 4.69) is 38.2 Å². The lowest BCUT2D eigenvalue weighted by atomic mass is 10.1. The lowest BCUT2D eigenvalue weighted by molar-refractivity contribution is 0.328. The zero-order valence-corrected chi connectivity index (χ0v) is 12.4. The summed E-state index contributed by atoms with van der Waals surface area (Å²) in [5.74, 6) is 0.985. The Morgan fingerprint density at radius 1 is 1.05 bits per heavy atom. The van der Waals surface area contributed by atoms with Gasteiger partial charge in [-0.1, -0.05) is 29.8 Å². The summed E-state index contributed by atoms with van der Waals surface area (Å²) < 4.78 is 5.88. The summed E-state index contributed by atoms with van der Waals surface area (Å²) in [6.07, 6.45) is 0. The predicted octanol–water partition coefficient (Wildman–Crippen LogP) is 3.68. The number of hydrogen-bond donors (Lipinski definition) is 2. The van der Waals surface area contributed by atoms with E-state index in [1.165, 1.54) is 16.7 Å². The third-order valence-electron chi connectivity index (χ3n) is 3.23. The van der Waals surface area contributed by atoms with Crippen LogP contribution in [0.25, 0.3) is 0 Å². The van der Waals surface area contributed by atoms with E-state index in [1.54, 1.807) is 0 Å². The Morgan fingerprint density at radius 2 is 1.70 bits per heavy atom. The number of para-hydroxylation sites is 2. The Hall–Kier alpha value is -2.16. The number of rotatable bonds is 5. The zero-order chi connectivity index (χ0) is 14.5. The van der Waals surface area contributed by atoms with Gasteiger partial charge >= 0.3 is 0 Å². The van der Waals surface area contributed by atoms with Crippen LogP contribution < -0.4 is 15.8 Å². The van der Waals surface area contributed by atoms with Crippen molar-refractivity contribution in [3.05, 3.63) is 53.1 Å². The van der Waals surface area contributed by atoms with Gasteiger partial charge in [0.15, 0.2) is 0 Å². The molecule has 3 heteroatoms. The summed E-state index contributed by atoms with van der Waals surface area (Å²) in [5, 5.41) is 3.28. The number of aryl methyl sites for hydroxylation is 3. The molecule has 0 bridgehead atoms. The van der Waals surface area contributed by atoms with Crippen molar-refractivity contribution >= 4 is 11.4 Å². The molecule has 0 radical (unpaired) electrons. The minimum Gasteiger partial charge on any atom is -0.491 e. The number of nitrogen functional groups attached to an aromatic ring is 1. The fraction of sp³-hybridized carbons (Fsp3) is 0.294. The highest BCUT2D eigenvalue weighted by molar-refractivity contribution is 5.65. The fourth-order valence-electron chi connectivity index (χ4n) is 2.39. The maximum absolute atomic E-state index is 5.88. The van der Waals surface area contributed by atoms with Gasteiger partial charge in [0.2, 0.25) is 0 Å². The molecule has 0 aliphatic carbocycles. The third kappa shape index (κ3) is 3.44. The van der Waals surface area contributed by atoms with Gasteiger partial charge in [0.25, 0.3) is 0 Å². The standard InChI is InChI=1S/C17H22N2O/c1-12-10-13(2)17(14(3)11-12)20-9-8-19-16-7-5-4-6-15(16)18/h4-7,10-11,19H,8-9,18H2,1-3H3. The Bertz CT molecular complexity index is 570. The zero-order valence-electron chi connectivity index (χ0n) is 12.4. The molecule has 2 rings (SSSR count). The first kappa shape index (κ1) is 14.3. The monoisotopic (exact) mass is 270 g/mol. The smallest absolute Gasteiger partial charge is 0.125 e. The van der Waals surface area contributed by atoms with Gasteiger partial charge < -0.3 is 15.8 Å². The first-order valence-corrected chi connectivity index (χ1v) is 6.87. The molecule has 0 unspecified atom stereocenters. The van der Waals surface area contributed by atoms with Crippen LogP contribution in [-0.2, 0) is 0 Å². The largest absolute Gasteiger partial charge is 0.491 e. The quantitative estimate of drug-likeness (QED) is 0.643. The van der Waals surface area contributed by atoms with E-state index in [1.807, 2.05) is 24.3 Å². The van der Waals surface area contributed by atoms with Gasteiger partial charge in [0, 0.05) is 6.54 Å². The molecule has 0 heterocycles. The van der Waals surface area contributed by atoms with E-state index in [4.69, 9.17) is 10.5 Å². The lowest BCUT2D eigenvalue weighted by Gasteiger charge is -2.14. The van der Waals surface area contributed by atoms with Crippen molar-refractivity contribution in [1.29, 1.82) is 0 Å². The Balaban J connectivity index is 1.90. The fourth-order valence-corrected chi connectivity index (χ4v) is 2.39. The van der Waals surface area contributed by atoms with Gasteiger partial charge in [-0.3, -0.25) is 0 Å². The van der Waals surface area contributed by atoms with Crippen molar-refractivity contribution < 1.29 is 4.74 Å². The number of benzene rings is 2. The van der Waals surface area contributed by atoms with E-state index in [-0.39, 0.29) is 0 Å². The molecule has 2 aromatic rings. The molecule has 2 aromatic carbocycles. The second-order valence-electron chi connectivity index (χ2n) is 5.09. The lowest BCUT2D eigenvalue weighted by Crippen LogP contribution is -2.13. The molecule has 20 heavy (non-hydrogen) atoms. The van der Waals surface area contributed by atoms with Crippen molar-refractivity contribution in [2.75, 3.05) is 24.2 Å². The summed E-state index contributed by atoms with van der Waals surface area (Å²) in [7, 11) is 0. The summed E-state index contributed by atoms with van der Waals surface area (Å²) >= 11 is 0. The first-order valence-electron chi connectivity index (χ1n) is 6.87. The van der Waals surface area contributed by atoms with Crippen LogP contribution in [-0.4, -0.2) is 13.2 Å². The van der Waals surface area contributed by atoms with Gasteiger partial charge in [0.1, 0.15) is 12.4 Å². The van der Waals surface area contributed by atoms with Gasteiger partial charge in [-0.25, -0.2) is 0 Å². The minimum absolute atomic E-state index is 0.610. The van der Waals surface area contributed by atoms with Crippen LogP contribution in [0.3, 0.4) is 0 Å². The second kappa shape index (κ2) is 6.33. The van der Waals surface area contributed by atoms with E-state index in [9.17, 15) is 0 Å². The van der Waals surface area contributed by atoms with Crippen molar-refractivity contribution in [2.45, 2.75) is 20.8 Å². The maximum atomic E-state index is 5.88. The van der Waals surface area contributed by atoms with Crippen LogP contribution in [0.5, 0.6) is 5.75 Å². The number of anilines is 2. The summed E-state index contributed by atoms with van der Waals surface area (Å²) in [5.41, 5.74) is 11.2. The number of ether oxygens (including phenoxy) is 1. The molecule has 0 aromatic heterocycles. The Labute approximate surface area is 120 Å². The molecule has 3 N–H and O–H groups in total. The van der Waals surface area contributed by atoms with E-state index >= 15 is 0 Å². The molecule has 0 atom stereocenters. The average molecular weight is 270 g/mol. The number of nitrogens with two attached hydrogens (primary N) is 1. The number of nitrogens with one attached hydrogen (secondary N) is 1. The van der Waals surface area contributed by atoms with Gasteiger partial charge in [0.05, 0.1) is 11.4 Å². The third-order valence-corrected chi connectivity index (χ3v) is 3.23. The summed E-state index contributed by atoms with van der Waals surface area (Å²) in [4.78, 5) is 0. The van der Waals surface area contributed by atoms with Gasteiger partial charge in [-0.2, -0.15) is 0 Å². The molecular formula is C17H22N2O.